The summed E-state index contributed by atoms with van der Waals surface area (Å²) in [7, 11) is -3.67. The average Bonchev–Trinajstić information content (AvgIpc) is 2.47. The van der Waals surface area contributed by atoms with Crippen molar-refractivity contribution >= 4 is 10.0 Å². The average molecular weight is 310 g/mol. The lowest BCUT2D eigenvalue weighted by molar-refractivity contribution is 0.161. The van der Waals surface area contributed by atoms with Crippen LogP contribution in [0, 0.1) is 11.3 Å². The molecule has 2 rings (SSSR count). The second-order valence-corrected chi connectivity index (χ2v) is 6.31. The van der Waals surface area contributed by atoms with Crippen LogP contribution >= 0.6 is 0 Å². The van der Waals surface area contributed by atoms with Crippen LogP contribution in [0.15, 0.2) is 29.2 Å². The highest BCUT2D eigenvalue weighted by molar-refractivity contribution is 7.89. The standard InChI is InChI=1S/C13H18N4O3S/c14-9-11-10-16-5-6-17(11)7-8-20-12-1-3-13(4-2-12)21(15,18)19/h1-4,11,16H,5-8,10H2,(H2,15,18,19). The van der Waals surface area contributed by atoms with E-state index in [9.17, 15) is 8.42 Å². The summed E-state index contributed by atoms with van der Waals surface area (Å²) in [6, 6.07) is 8.08. The third-order valence-electron chi connectivity index (χ3n) is 3.30. The van der Waals surface area contributed by atoms with Crippen LogP contribution in [0.2, 0.25) is 0 Å². The van der Waals surface area contributed by atoms with Gasteiger partial charge >= 0.3 is 0 Å². The molecule has 1 atom stereocenters. The van der Waals surface area contributed by atoms with Crippen LogP contribution < -0.4 is 15.2 Å². The number of piperazine rings is 1. The number of sulfonamides is 1. The molecule has 1 aliphatic rings. The van der Waals surface area contributed by atoms with Gasteiger partial charge in [-0.3, -0.25) is 4.90 Å². The largest absolute Gasteiger partial charge is 0.492 e. The number of nitrogens with one attached hydrogen (secondary N) is 1. The second kappa shape index (κ2) is 6.87. The minimum Gasteiger partial charge on any atom is -0.492 e. The zero-order valence-electron chi connectivity index (χ0n) is 11.5. The van der Waals surface area contributed by atoms with Crippen molar-refractivity contribution in [1.82, 2.24) is 10.2 Å². The molecule has 1 aromatic carbocycles. The van der Waals surface area contributed by atoms with Crippen LogP contribution in [-0.4, -0.2) is 52.1 Å². The van der Waals surface area contributed by atoms with Gasteiger partial charge in [0.2, 0.25) is 10.0 Å². The highest BCUT2D eigenvalue weighted by atomic mass is 32.2. The molecule has 7 nitrogen and oxygen atoms in total. The monoisotopic (exact) mass is 310 g/mol. The minimum atomic E-state index is -3.67. The first kappa shape index (κ1) is 15.7. The summed E-state index contributed by atoms with van der Waals surface area (Å²) in [5.41, 5.74) is 0. The van der Waals surface area contributed by atoms with E-state index in [0.29, 0.717) is 25.4 Å². The molecule has 114 valence electrons. The summed E-state index contributed by atoms with van der Waals surface area (Å²) in [5, 5.41) is 17.2. The van der Waals surface area contributed by atoms with E-state index >= 15 is 0 Å². The molecule has 1 unspecified atom stereocenters. The Morgan fingerprint density at radius 1 is 1.43 bits per heavy atom. The Morgan fingerprint density at radius 2 is 2.14 bits per heavy atom. The van der Waals surface area contributed by atoms with E-state index in [1.807, 2.05) is 0 Å². The van der Waals surface area contributed by atoms with Crippen LogP contribution in [0.25, 0.3) is 0 Å². The molecule has 0 amide bonds. The van der Waals surface area contributed by atoms with E-state index < -0.39 is 10.0 Å². The first-order valence-electron chi connectivity index (χ1n) is 6.61. The van der Waals surface area contributed by atoms with Crippen molar-refractivity contribution in [2.75, 3.05) is 32.8 Å². The van der Waals surface area contributed by atoms with Crippen molar-refractivity contribution in [3.63, 3.8) is 0 Å². The molecular weight excluding hydrogens is 292 g/mol. The molecule has 0 saturated carbocycles. The van der Waals surface area contributed by atoms with Gasteiger partial charge in [0.05, 0.1) is 11.0 Å². The minimum absolute atomic E-state index is 0.0569. The normalized spacial score (nSPS) is 19.9. The zero-order chi connectivity index (χ0) is 15.3. The maximum Gasteiger partial charge on any atom is 0.238 e. The third kappa shape index (κ3) is 4.41. The Bertz CT molecular complexity index is 609. The van der Waals surface area contributed by atoms with Gasteiger partial charge in [0, 0.05) is 26.2 Å². The summed E-state index contributed by atoms with van der Waals surface area (Å²) in [6.07, 6.45) is 0. The summed E-state index contributed by atoms with van der Waals surface area (Å²) in [5.74, 6) is 0.575. The summed E-state index contributed by atoms with van der Waals surface area (Å²) < 4.78 is 27.8. The van der Waals surface area contributed by atoms with Crippen LogP contribution in [-0.2, 0) is 10.0 Å². The lowest BCUT2D eigenvalue weighted by Gasteiger charge is -2.31. The lowest BCUT2D eigenvalue weighted by Crippen LogP contribution is -2.51. The molecule has 0 spiro atoms. The molecule has 1 aliphatic heterocycles. The molecule has 0 radical (unpaired) electrons. The van der Waals surface area contributed by atoms with Gasteiger partial charge < -0.3 is 10.1 Å². The van der Waals surface area contributed by atoms with Gasteiger partial charge in [-0.2, -0.15) is 5.26 Å². The van der Waals surface area contributed by atoms with E-state index in [0.717, 1.165) is 13.1 Å². The van der Waals surface area contributed by atoms with E-state index in [-0.39, 0.29) is 10.9 Å². The fourth-order valence-electron chi connectivity index (χ4n) is 2.15. The molecule has 8 heteroatoms. The smallest absolute Gasteiger partial charge is 0.238 e. The van der Waals surface area contributed by atoms with Gasteiger partial charge in [-0.1, -0.05) is 0 Å². The fraction of sp³-hybridized carbons (Fsp3) is 0.462. The molecule has 1 fully saturated rings. The molecule has 0 aromatic heterocycles. The zero-order valence-corrected chi connectivity index (χ0v) is 12.3. The highest BCUT2D eigenvalue weighted by Crippen LogP contribution is 2.15. The lowest BCUT2D eigenvalue weighted by atomic mass is 10.2. The van der Waals surface area contributed by atoms with Crippen LogP contribution in [0.1, 0.15) is 0 Å². The predicted octanol–water partition coefficient (Wildman–Crippen LogP) is -0.490. The van der Waals surface area contributed by atoms with Crippen LogP contribution in [0.4, 0.5) is 0 Å². The predicted molar refractivity (Wildman–Crippen MR) is 77.2 cm³/mol. The van der Waals surface area contributed by atoms with Gasteiger partial charge in [0.1, 0.15) is 18.4 Å². The van der Waals surface area contributed by atoms with Crippen molar-refractivity contribution in [3.8, 4) is 11.8 Å². The van der Waals surface area contributed by atoms with Gasteiger partial charge in [-0.05, 0) is 24.3 Å². The van der Waals surface area contributed by atoms with E-state index in [1.54, 1.807) is 12.1 Å². The van der Waals surface area contributed by atoms with Gasteiger partial charge in [-0.15, -0.1) is 0 Å². The molecule has 3 N–H and O–H groups in total. The number of hydrogen-bond acceptors (Lipinski definition) is 6. The van der Waals surface area contributed by atoms with Crippen molar-refractivity contribution < 1.29 is 13.2 Å². The van der Waals surface area contributed by atoms with Crippen LogP contribution in [0.5, 0.6) is 5.75 Å². The molecule has 1 aromatic rings. The van der Waals surface area contributed by atoms with Gasteiger partial charge in [0.25, 0.3) is 0 Å². The first-order valence-corrected chi connectivity index (χ1v) is 8.15. The number of nitrogens with two attached hydrogens (primary N) is 1. The molecule has 1 saturated heterocycles. The number of nitriles is 1. The Kier molecular flexibility index (Phi) is 5.14. The fourth-order valence-corrected chi connectivity index (χ4v) is 2.66. The number of rotatable bonds is 5. The molecular formula is C13H18N4O3S. The number of nitrogens with zero attached hydrogens (tertiary/aromatic N) is 2. The SMILES string of the molecule is N#CC1CNCCN1CCOc1ccc(S(N)(=O)=O)cc1. The third-order valence-corrected chi connectivity index (χ3v) is 4.23. The topological polar surface area (TPSA) is 108 Å². The summed E-state index contributed by atoms with van der Waals surface area (Å²) >= 11 is 0. The maximum atomic E-state index is 11.1. The maximum absolute atomic E-state index is 11.1. The highest BCUT2D eigenvalue weighted by Gasteiger charge is 2.21. The summed E-state index contributed by atoms with van der Waals surface area (Å²) in [4.78, 5) is 2.12. The van der Waals surface area contributed by atoms with Crippen molar-refractivity contribution in [1.29, 1.82) is 5.26 Å². The Labute approximate surface area is 124 Å². The number of ether oxygens (including phenoxy) is 1. The van der Waals surface area contributed by atoms with Gasteiger partial charge in [-0.25, -0.2) is 13.6 Å². The molecule has 21 heavy (non-hydrogen) atoms. The molecule has 1 heterocycles. The van der Waals surface area contributed by atoms with Gasteiger partial charge in [0.15, 0.2) is 0 Å². The quantitative estimate of drug-likeness (QED) is 0.760. The van der Waals surface area contributed by atoms with Crippen LogP contribution in [0.3, 0.4) is 0 Å². The van der Waals surface area contributed by atoms with Crippen molar-refractivity contribution in [3.05, 3.63) is 24.3 Å². The number of benzene rings is 1. The second-order valence-electron chi connectivity index (χ2n) is 4.75. The first-order chi connectivity index (χ1) is 10.0. The molecule has 0 aliphatic carbocycles. The van der Waals surface area contributed by atoms with Crippen molar-refractivity contribution in [2.45, 2.75) is 10.9 Å². The Morgan fingerprint density at radius 3 is 2.76 bits per heavy atom. The molecule has 0 bridgehead atoms. The summed E-state index contributed by atoms with van der Waals surface area (Å²) in [6.45, 7) is 3.43. The number of primary sulfonamides is 1. The van der Waals surface area contributed by atoms with E-state index in [2.05, 4.69) is 16.3 Å². The number of hydrogen-bond donors (Lipinski definition) is 2. The van der Waals surface area contributed by atoms with E-state index in [1.165, 1.54) is 12.1 Å². The van der Waals surface area contributed by atoms with Crippen molar-refractivity contribution in [2.24, 2.45) is 5.14 Å². The Hall–Kier alpha value is -1.66. The van der Waals surface area contributed by atoms with E-state index in [4.69, 9.17) is 15.1 Å². The Balaban J connectivity index is 1.85.